The lowest BCUT2D eigenvalue weighted by Gasteiger charge is -2.06. The minimum atomic E-state index is -0.410. The van der Waals surface area contributed by atoms with Crippen molar-refractivity contribution in [3.8, 4) is 0 Å². The van der Waals surface area contributed by atoms with Gasteiger partial charge in [-0.15, -0.1) is 0 Å². The number of amides is 2. The summed E-state index contributed by atoms with van der Waals surface area (Å²) in [6, 6.07) is 7.58. The van der Waals surface area contributed by atoms with E-state index in [1.807, 2.05) is 18.2 Å². The van der Waals surface area contributed by atoms with Gasteiger partial charge >= 0.3 is 0 Å². The van der Waals surface area contributed by atoms with Crippen LogP contribution in [0.4, 0.5) is 0 Å². The summed E-state index contributed by atoms with van der Waals surface area (Å²) < 4.78 is 10.8. The summed E-state index contributed by atoms with van der Waals surface area (Å²) in [5, 5.41) is 0.903. The van der Waals surface area contributed by atoms with Crippen LogP contribution in [0.25, 0.3) is 11.0 Å². The molecule has 2 amide bonds. The van der Waals surface area contributed by atoms with Gasteiger partial charge in [0.1, 0.15) is 17.1 Å². The van der Waals surface area contributed by atoms with Crippen LogP contribution in [-0.4, -0.2) is 11.8 Å². The number of aryl methyl sites for hydroxylation is 3. The third-order valence-corrected chi connectivity index (χ3v) is 4.08. The van der Waals surface area contributed by atoms with Gasteiger partial charge in [0.25, 0.3) is 5.91 Å². The average molecular weight is 340 g/mol. The molecule has 0 aliphatic carbocycles. The first-order valence-corrected chi connectivity index (χ1v) is 8.13. The fraction of sp³-hybridized carbons (Fsp3) is 0.263. The van der Waals surface area contributed by atoms with Gasteiger partial charge in [0.2, 0.25) is 5.91 Å². The third-order valence-electron chi connectivity index (χ3n) is 4.08. The molecule has 0 bridgehead atoms. The summed E-state index contributed by atoms with van der Waals surface area (Å²) in [5.74, 6) is 0.419. The molecule has 0 unspecified atom stereocenters. The monoisotopic (exact) mass is 340 g/mol. The van der Waals surface area contributed by atoms with E-state index in [1.165, 1.54) is 5.56 Å². The Hall–Kier alpha value is -3.02. The van der Waals surface area contributed by atoms with Crippen LogP contribution in [0, 0.1) is 13.8 Å². The molecule has 0 spiro atoms. The summed E-state index contributed by atoms with van der Waals surface area (Å²) in [4.78, 5) is 24.2. The first-order valence-electron chi connectivity index (χ1n) is 8.13. The van der Waals surface area contributed by atoms with Crippen LogP contribution in [0.3, 0.4) is 0 Å². The van der Waals surface area contributed by atoms with Gasteiger partial charge in [-0.05, 0) is 38.0 Å². The topological polar surface area (TPSA) is 84.5 Å². The fourth-order valence-electron chi connectivity index (χ4n) is 2.75. The van der Waals surface area contributed by atoms with E-state index in [1.54, 1.807) is 26.2 Å². The maximum atomic E-state index is 12.1. The molecule has 1 aromatic carbocycles. The number of carbonyl (C=O) groups excluding carboxylic acids is 2. The predicted octanol–water partition coefficient (Wildman–Crippen LogP) is 3.21. The molecule has 2 aromatic heterocycles. The molecule has 2 N–H and O–H groups in total. The van der Waals surface area contributed by atoms with Crippen molar-refractivity contribution in [1.29, 1.82) is 0 Å². The Morgan fingerprint density at radius 3 is 2.60 bits per heavy atom. The Labute approximate surface area is 145 Å². The molecule has 0 saturated heterocycles. The zero-order valence-electron chi connectivity index (χ0n) is 14.4. The van der Waals surface area contributed by atoms with Gasteiger partial charge in [-0.2, -0.15) is 0 Å². The molecule has 2 heterocycles. The number of carbonyl (C=O) groups is 2. The lowest BCUT2D eigenvalue weighted by molar-refractivity contribution is -0.121. The number of hydrogen-bond acceptors (Lipinski definition) is 4. The quantitative estimate of drug-likeness (QED) is 0.714. The van der Waals surface area contributed by atoms with Gasteiger partial charge in [0.15, 0.2) is 0 Å². The Kier molecular flexibility index (Phi) is 4.61. The number of rotatable bonds is 4. The highest BCUT2D eigenvalue weighted by Gasteiger charge is 2.15. The van der Waals surface area contributed by atoms with Crippen molar-refractivity contribution in [2.45, 2.75) is 33.6 Å². The number of hydrogen-bond donors (Lipinski definition) is 2. The largest absolute Gasteiger partial charge is 0.466 e. The van der Waals surface area contributed by atoms with Crippen LogP contribution in [0.5, 0.6) is 0 Å². The zero-order valence-corrected chi connectivity index (χ0v) is 14.4. The molecular formula is C19H20N2O4. The van der Waals surface area contributed by atoms with E-state index < -0.39 is 5.91 Å². The number of furan rings is 2. The van der Waals surface area contributed by atoms with Gasteiger partial charge in [0.05, 0.1) is 18.2 Å². The van der Waals surface area contributed by atoms with Crippen LogP contribution in [-0.2, 0) is 17.6 Å². The Morgan fingerprint density at radius 1 is 1.12 bits per heavy atom. The second kappa shape index (κ2) is 6.84. The molecule has 25 heavy (non-hydrogen) atoms. The standard InChI is InChI=1S/C19H20N2O4/c1-4-13-5-6-15-14(10-24-17(15)8-13)9-18(22)20-21-19(23)16-7-11(2)25-12(16)3/h5-8,10H,4,9H2,1-3H3,(H,20,22)(H,21,23). The second-order valence-corrected chi connectivity index (χ2v) is 5.95. The molecule has 3 aromatic rings. The Morgan fingerprint density at radius 2 is 1.92 bits per heavy atom. The molecule has 6 nitrogen and oxygen atoms in total. The first kappa shape index (κ1) is 16.8. The smallest absolute Gasteiger partial charge is 0.273 e. The van der Waals surface area contributed by atoms with Crippen molar-refractivity contribution in [3.05, 3.63) is 58.7 Å². The molecule has 0 saturated carbocycles. The highest BCUT2D eigenvalue weighted by atomic mass is 16.3. The number of benzene rings is 1. The van der Waals surface area contributed by atoms with E-state index >= 15 is 0 Å². The Bertz CT molecular complexity index is 936. The summed E-state index contributed by atoms with van der Waals surface area (Å²) in [7, 11) is 0. The van der Waals surface area contributed by atoms with E-state index in [2.05, 4.69) is 17.8 Å². The molecular weight excluding hydrogens is 320 g/mol. The maximum Gasteiger partial charge on any atom is 0.273 e. The van der Waals surface area contributed by atoms with Crippen molar-refractivity contribution in [2.75, 3.05) is 0 Å². The van der Waals surface area contributed by atoms with Gasteiger partial charge < -0.3 is 8.83 Å². The van der Waals surface area contributed by atoms with Crippen molar-refractivity contribution < 1.29 is 18.4 Å². The summed E-state index contributed by atoms with van der Waals surface area (Å²) in [6.45, 7) is 5.53. The number of hydrazine groups is 1. The molecule has 0 radical (unpaired) electrons. The highest BCUT2D eigenvalue weighted by molar-refractivity contribution is 5.96. The van der Waals surface area contributed by atoms with Crippen molar-refractivity contribution in [3.63, 3.8) is 0 Å². The van der Waals surface area contributed by atoms with E-state index in [9.17, 15) is 9.59 Å². The van der Waals surface area contributed by atoms with Gasteiger partial charge in [-0.3, -0.25) is 20.4 Å². The summed E-state index contributed by atoms with van der Waals surface area (Å²) >= 11 is 0. The van der Waals surface area contributed by atoms with Gasteiger partial charge in [0, 0.05) is 10.9 Å². The van der Waals surface area contributed by atoms with E-state index in [0.29, 0.717) is 17.1 Å². The highest BCUT2D eigenvalue weighted by Crippen LogP contribution is 2.23. The van der Waals surface area contributed by atoms with E-state index in [-0.39, 0.29) is 12.3 Å². The van der Waals surface area contributed by atoms with E-state index in [0.717, 1.165) is 23.0 Å². The maximum absolute atomic E-state index is 12.1. The van der Waals surface area contributed by atoms with Crippen LogP contribution in [0.1, 0.15) is 39.9 Å². The molecule has 3 rings (SSSR count). The molecule has 6 heteroatoms. The van der Waals surface area contributed by atoms with E-state index in [4.69, 9.17) is 8.83 Å². The lowest BCUT2D eigenvalue weighted by Crippen LogP contribution is -2.42. The molecule has 0 aliphatic heterocycles. The molecule has 130 valence electrons. The number of fused-ring (bicyclic) bond motifs is 1. The van der Waals surface area contributed by atoms with Crippen molar-refractivity contribution >= 4 is 22.8 Å². The minimum Gasteiger partial charge on any atom is -0.466 e. The first-order chi connectivity index (χ1) is 12.0. The zero-order chi connectivity index (χ0) is 18.0. The summed E-state index contributed by atoms with van der Waals surface area (Å²) in [6.07, 6.45) is 2.61. The molecule has 0 aliphatic rings. The number of nitrogens with one attached hydrogen (secondary N) is 2. The normalized spacial score (nSPS) is 10.8. The van der Waals surface area contributed by atoms with Crippen molar-refractivity contribution in [1.82, 2.24) is 10.9 Å². The minimum absolute atomic E-state index is 0.113. The Balaban J connectivity index is 1.63. The summed E-state index contributed by atoms with van der Waals surface area (Å²) in [5.41, 5.74) is 7.94. The SMILES string of the molecule is CCc1ccc2c(CC(=O)NNC(=O)c3cc(C)oc3C)coc2c1. The lowest BCUT2D eigenvalue weighted by atomic mass is 10.1. The van der Waals surface area contributed by atoms with Crippen LogP contribution >= 0.6 is 0 Å². The van der Waals surface area contributed by atoms with Gasteiger partial charge in [-0.1, -0.05) is 19.1 Å². The van der Waals surface area contributed by atoms with Crippen LogP contribution < -0.4 is 10.9 Å². The average Bonchev–Trinajstić information content (AvgIpc) is 3.14. The molecule has 0 atom stereocenters. The second-order valence-electron chi connectivity index (χ2n) is 5.95. The van der Waals surface area contributed by atoms with Crippen LogP contribution in [0.2, 0.25) is 0 Å². The van der Waals surface area contributed by atoms with Gasteiger partial charge in [-0.25, -0.2) is 0 Å². The predicted molar refractivity (Wildman–Crippen MR) is 93.1 cm³/mol. The third kappa shape index (κ3) is 3.57. The van der Waals surface area contributed by atoms with Crippen molar-refractivity contribution in [2.24, 2.45) is 0 Å². The fourth-order valence-corrected chi connectivity index (χ4v) is 2.75. The van der Waals surface area contributed by atoms with Crippen LogP contribution in [0.15, 0.2) is 39.4 Å². The molecule has 0 fully saturated rings.